The molecule has 0 aliphatic carbocycles. The minimum absolute atomic E-state index is 1.14. The topological polar surface area (TPSA) is 6.48 Å². The zero-order valence-corrected chi connectivity index (χ0v) is 14.8. The predicted octanol–water partition coefficient (Wildman–Crippen LogP) is 4.88. The minimum atomic E-state index is 1.14. The van der Waals surface area contributed by atoms with Gasteiger partial charge >= 0.3 is 32.0 Å². The molecule has 0 aromatic heterocycles. The van der Waals surface area contributed by atoms with E-state index in [2.05, 4.69) is 86.5 Å². The predicted molar refractivity (Wildman–Crippen MR) is 84.2 cm³/mol. The van der Waals surface area contributed by atoms with Crippen LogP contribution in [-0.2, 0) is 18.9 Å². The Morgan fingerprint density at radius 3 is 1.74 bits per heavy atom. The summed E-state index contributed by atoms with van der Waals surface area (Å²) in [6.07, 6.45) is 5.02. The number of hydrogen-bond acceptors (Lipinski definition) is 2. The van der Waals surface area contributed by atoms with E-state index in [4.69, 9.17) is 0 Å². The van der Waals surface area contributed by atoms with E-state index in [1.807, 2.05) is 0 Å². The Balaban J connectivity index is 0.000000861. The summed E-state index contributed by atoms with van der Waals surface area (Å²) < 4.78 is 0. The van der Waals surface area contributed by atoms with E-state index in [9.17, 15) is 0 Å². The molecule has 1 aromatic carbocycles. The molecular formula is C15H23AgBrN2-. The number of benzene rings is 1. The number of unbranched alkanes of at least 4 members (excludes halogenated alkanes) is 2. The van der Waals surface area contributed by atoms with Gasteiger partial charge in [-0.25, -0.2) is 0 Å². The molecule has 19 heavy (non-hydrogen) atoms. The molecule has 0 saturated carbocycles. The molecule has 0 N–H and O–H groups in total. The normalized spacial score (nSPS) is 13.1. The second kappa shape index (κ2) is 9.87. The van der Waals surface area contributed by atoms with Crippen LogP contribution in [0.3, 0.4) is 0 Å². The van der Waals surface area contributed by atoms with Gasteiger partial charge < -0.3 is 9.80 Å². The van der Waals surface area contributed by atoms with Crippen molar-refractivity contribution in [2.75, 3.05) is 22.9 Å². The van der Waals surface area contributed by atoms with Gasteiger partial charge in [-0.1, -0.05) is 38.8 Å². The molecule has 0 atom stereocenters. The number of hydrogen-bond donors (Lipinski definition) is 0. The van der Waals surface area contributed by atoms with Crippen LogP contribution in [0, 0.1) is 6.67 Å². The summed E-state index contributed by atoms with van der Waals surface area (Å²) in [6, 6.07) is 8.73. The summed E-state index contributed by atoms with van der Waals surface area (Å²) in [5.41, 5.74) is 2.74. The zero-order chi connectivity index (χ0) is 14.1. The van der Waals surface area contributed by atoms with Crippen LogP contribution in [0.1, 0.15) is 39.5 Å². The van der Waals surface area contributed by atoms with Gasteiger partial charge in [0.15, 0.2) is 0 Å². The second-order valence-electron chi connectivity index (χ2n) is 4.70. The average Bonchev–Trinajstić information content (AvgIpc) is 2.83. The molecule has 1 aliphatic heterocycles. The Kier molecular flexibility index (Phi) is 8.88. The third-order valence-electron chi connectivity index (χ3n) is 3.28. The first-order valence-electron chi connectivity index (χ1n) is 6.95. The van der Waals surface area contributed by atoms with Gasteiger partial charge in [-0.05, 0) is 38.1 Å². The fourth-order valence-corrected chi connectivity index (χ4v) is 2.26. The molecule has 0 radical (unpaired) electrons. The fourth-order valence-electron chi connectivity index (χ4n) is 2.26. The first-order chi connectivity index (χ1) is 9.36. The molecule has 1 aromatic rings. The summed E-state index contributed by atoms with van der Waals surface area (Å²) in [5.74, 6) is 0. The van der Waals surface area contributed by atoms with Crippen molar-refractivity contribution in [2.24, 2.45) is 0 Å². The summed E-state index contributed by atoms with van der Waals surface area (Å²) in [4.78, 5) is 4.79. The number of anilines is 2. The van der Waals surface area contributed by atoms with Crippen molar-refractivity contribution >= 4 is 24.4 Å². The van der Waals surface area contributed by atoms with Gasteiger partial charge in [0.1, 0.15) is 0 Å². The van der Waals surface area contributed by atoms with Crippen molar-refractivity contribution in [1.82, 2.24) is 0 Å². The molecule has 0 unspecified atom stereocenters. The molecular weight excluding hydrogens is 396 g/mol. The van der Waals surface area contributed by atoms with Crippen LogP contribution in [0.2, 0.25) is 0 Å². The molecule has 1 aliphatic rings. The molecule has 2 rings (SSSR count). The summed E-state index contributed by atoms with van der Waals surface area (Å²) >= 11 is 5.51. The first kappa shape index (κ1) is 17.1. The third kappa shape index (κ3) is 4.82. The van der Waals surface area contributed by atoms with E-state index in [-0.39, 0.29) is 0 Å². The zero-order valence-electron chi connectivity index (χ0n) is 11.7. The fraction of sp³-hybridized carbons (Fsp3) is 0.533. The van der Waals surface area contributed by atoms with E-state index in [1.54, 1.807) is 0 Å². The van der Waals surface area contributed by atoms with Crippen LogP contribution in [0.25, 0.3) is 0 Å². The van der Waals surface area contributed by atoms with Crippen LogP contribution in [0.4, 0.5) is 11.4 Å². The quantitative estimate of drug-likeness (QED) is 0.480. The Bertz CT molecular complexity index is 327. The van der Waals surface area contributed by atoms with Crippen LogP contribution in [-0.4, -0.2) is 13.1 Å². The third-order valence-corrected chi connectivity index (χ3v) is 3.28. The van der Waals surface area contributed by atoms with E-state index in [1.165, 1.54) is 37.1 Å². The molecule has 2 nitrogen and oxygen atoms in total. The first-order valence-corrected chi connectivity index (χ1v) is 10.3. The second-order valence-corrected chi connectivity index (χ2v) is 4.70. The van der Waals surface area contributed by atoms with Crippen molar-refractivity contribution in [2.45, 2.75) is 39.5 Å². The Labute approximate surface area is 136 Å². The molecule has 1 heterocycles. The van der Waals surface area contributed by atoms with E-state index in [0.29, 0.717) is 0 Å². The average molecular weight is 419 g/mol. The molecule has 0 amide bonds. The molecule has 4 heteroatoms. The summed E-state index contributed by atoms with van der Waals surface area (Å²) in [5, 5.41) is 0. The van der Waals surface area contributed by atoms with Crippen molar-refractivity contribution in [3.8, 4) is 0 Å². The maximum atomic E-state index is 2.76. The maximum absolute atomic E-state index is 2.76. The summed E-state index contributed by atoms with van der Waals surface area (Å²) in [6.45, 7) is 9.05. The summed E-state index contributed by atoms with van der Waals surface area (Å²) in [7, 11) is 0. The van der Waals surface area contributed by atoms with Crippen LogP contribution < -0.4 is 9.80 Å². The Hall–Kier alpha value is 0.0403. The van der Waals surface area contributed by atoms with Gasteiger partial charge in [0.2, 0.25) is 0 Å². The molecule has 0 bridgehead atoms. The molecule has 0 saturated heterocycles. The van der Waals surface area contributed by atoms with Crippen molar-refractivity contribution in [3.63, 3.8) is 0 Å². The van der Waals surface area contributed by atoms with Gasteiger partial charge in [0.05, 0.1) is 0 Å². The van der Waals surface area contributed by atoms with Gasteiger partial charge in [-0.2, -0.15) is 6.67 Å². The van der Waals surface area contributed by atoms with Crippen molar-refractivity contribution in [1.29, 1.82) is 0 Å². The Morgan fingerprint density at radius 1 is 0.947 bits per heavy atom. The van der Waals surface area contributed by atoms with E-state index < -0.39 is 0 Å². The monoisotopic (exact) mass is 417 g/mol. The van der Waals surface area contributed by atoms with Gasteiger partial charge in [-0.3, -0.25) is 0 Å². The van der Waals surface area contributed by atoms with Gasteiger partial charge in [-0.15, -0.1) is 0 Å². The van der Waals surface area contributed by atoms with Crippen molar-refractivity contribution in [3.05, 3.63) is 30.9 Å². The number of nitrogens with zero attached hydrogens (tertiary/aromatic N) is 2. The number of para-hydroxylation sites is 2. The van der Waals surface area contributed by atoms with Gasteiger partial charge in [0.25, 0.3) is 0 Å². The molecule has 112 valence electrons. The van der Waals surface area contributed by atoms with Crippen LogP contribution >= 0.6 is 13.0 Å². The van der Waals surface area contributed by atoms with E-state index in [0.717, 1.165) is 13.1 Å². The Morgan fingerprint density at radius 2 is 1.37 bits per heavy atom. The number of halogens is 1. The SMILES string of the molecule is CCCCN1[CH-]N(CCCC)c2ccccc21.[Br][Ag]. The van der Waals surface area contributed by atoms with E-state index >= 15 is 0 Å². The molecule has 0 spiro atoms. The number of rotatable bonds is 6. The molecule has 0 fully saturated rings. The number of fused-ring (bicyclic) bond motifs is 1. The van der Waals surface area contributed by atoms with Gasteiger partial charge in [0, 0.05) is 11.4 Å². The van der Waals surface area contributed by atoms with Crippen LogP contribution in [0.15, 0.2) is 24.3 Å². The standard InChI is InChI=1S/C15H23N2.Ag.BrH/c1-3-5-11-16-13-17(12-6-4-2)15-10-8-7-9-14(15)16;;/h7-10,13H,3-6,11-12H2,1-2H3;;1H/q-1;+1;/p-1. The van der Waals surface area contributed by atoms with Crippen molar-refractivity contribution < 1.29 is 18.9 Å². The van der Waals surface area contributed by atoms with Crippen LogP contribution in [0.5, 0.6) is 0 Å².